The molecule has 0 radical (unpaired) electrons. The van der Waals surface area contributed by atoms with E-state index in [1.54, 1.807) is 7.05 Å². The maximum atomic E-state index is 13.0. The number of halogens is 2. The first-order chi connectivity index (χ1) is 7.11. The zero-order chi connectivity index (χ0) is 11.0. The van der Waals surface area contributed by atoms with E-state index in [1.165, 1.54) is 12.1 Å². The van der Waals surface area contributed by atoms with Crippen LogP contribution < -0.4 is 5.32 Å². The lowest BCUT2D eigenvalue weighted by atomic mass is 10.3. The zero-order valence-corrected chi connectivity index (χ0v) is 9.10. The zero-order valence-electron chi connectivity index (χ0n) is 8.34. The fourth-order valence-electron chi connectivity index (χ4n) is 1.29. The van der Waals surface area contributed by atoms with Crippen LogP contribution in [0.2, 0.25) is 5.02 Å². The predicted molar refractivity (Wildman–Crippen MR) is 56.5 cm³/mol. The summed E-state index contributed by atoms with van der Waals surface area (Å²) < 4.78 is 18.4. The lowest BCUT2D eigenvalue weighted by Crippen LogP contribution is -2.12. The Labute approximate surface area is 91.2 Å². The van der Waals surface area contributed by atoms with Crippen molar-refractivity contribution < 1.29 is 8.81 Å². The van der Waals surface area contributed by atoms with Crippen LogP contribution in [-0.4, -0.2) is 12.0 Å². The Hall–Kier alpha value is -1.13. The highest BCUT2D eigenvalue weighted by Crippen LogP contribution is 2.27. The second kappa shape index (κ2) is 3.79. The minimum Gasteiger partial charge on any atom is -0.437 e. The van der Waals surface area contributed by atoms with Gasteiger partial charge < -0.3 is 9.73 Å². The molecular formula is C10H10ClFN2O. The van der Waals surface area contributed by atoms with Crippen LogP contribution in [0.5, 0.6) is 0 Å². The summed E-state index contributed by atoms with van der Waals surface area (Å²) in [4.78, 5) is 4.15. The van der Waals surface area contributed by atoms with E-state index in [1.807, 2.05) is 6.92 Å². The molecule has 1 aromatic carbocycles. The fraction of sp³-hybridized carbons (Fsp3) is 0.300. The van der Waals surface area contributed by atoms with Crippen LogP contribution in [0.3, 0.4) is 0 Å². The second-order valence-corrected chi connectivity index (χ2v) is 3.71. The predicted octanol–water partition coefficient (Wildman–Crippen LogP) is 2.90. The van der Waals surface area contributed by atoms with Crippen LogP contribution in [0.4, 0.5) is 4.39 Å². The van der Waals surface area contributed by atoms with Gasteiger partial charge in [0.25, 0.3) is 0 Å². The quantitative estimate of drug-likeness (QED) is 0.859. The van der Waals surface area contributed by atoms with Crippen molar-refractivity contribution in [2.75, 3.05) is 7.05 Å². The summed E-state index contributed by atoms with van der Waals surface area (Å²) in [6, 6.07) is 2.48. The van der Waals surface area contributed by atoms with Crippen LogP contribution in [0, 0.1) is 5.82 Å². The molecule has 0 bridgehead atoms. The van der Waals surface area contributed by atoms with Crippen molar-refractivity contribution in [1.29, 1.82) is 0 Å². The van der Waals surface area contributed by atoms with Crippen molar-refractivity contribution in [2.24, 2.45) is 0 Å². The molecule has 80 valence electrons. The van der Waals surface area contributed by atoms with E-state index in [2.05, 4.69) is 10.3 Å². The highest BCUT2D eigenvalue weighted by Gasteiger charge is 2.14. The largest absolute Gasteiger partial charge is 0.437 e. The topological polar surface area (TPSA) is 38.1 Å². The molecule has 0 saturated carbocycles. The van der Waals surface area contributed by atoms with Gasteiger partial charge in [-0.2, -0.15) is 0 Å². The third kappa shape index (κ3) is 1.82. The first kappa shape index (κ1) is 10.4. The molecule has 5 heteroatoms. The van der Waals surface area contributed by atoms with Gasteiger partial charge in [0.2, 0.25) is 5.89 Å². The lowest BCUT2D eigenvalue weighted by molar-refractivity contribution is 0.456. The van der Waals surface area contributed by atoms with E-state index in [4.69, 9.17) is 16.0 Å². The van der Waals surface area contributed by atoms with Gasteiger partial charge in [-0.1, -0.05) is 11.6 Å². The minimum absolute atomic E-state index is 0.0310. The fourth-order valence-corrected chi connectivity index (χ4v) is 1.53. The number of aromatic nitrogens is 1. The van der Waals surface area contributed by atoms with Gasteiger partial charge in [-0.05, 0) is 20.0 Å². The van der Waals surface area contributed by atoms with Crippen molar-refractivity contribution in [1.82, 2.24) is 10.3 Å². The van der Waals surface area contributed by atoms with Crippen LogP contribution in [0.15, 0.2) is 16.5 Å². The Balaban J connectivity index is 2.60. The highest BCUT2D eigenvalue weighted by atomic mass is 35.5. The summed E-state index contributed by atoms with van der Waals surface area (Å²) >= 11 is 5.83. The van der Waals surface area contributed by atoms with E-state index in [0.29, 0.717) is 17.0 Å². The van der Waals surface area contributed by atoms with Crippen molar-refractivity contribution >= 4 is 22.7 Å². The standard InChI is InChI=1S/C10H10ClFN2O/c1-5(13-2)10-14-8-4-6(12)3-7(11)9(8)15-10/h3-5,13H,1-2H3. The molecular weight excluding hydrogens is 219 g/mol. The van der Waals surface area contributed by atoms with E-state index < -0.39 is 5.82 Å². The first-order valence-electron chi connectivity index (χ1n) is 4.54. The van der Waals surface area contributed by atoms with Gasteiger partial charge in [0, 0.05) is 6.07 Å². The normalized spacial score (nSPS) is 13.3. The summed E-state index contributed by atoms with van der Waals surface area (Å²) in [5.74, 6) is 0.0875. The van der Waals surface area contributed by atoms with Gasteiger partial charge in [0.05, 0.1) is 11.1 Å². The summed E-state index contributed by atoms with van der Waals surface area (Å²) in [6.07, 6.45) is 0. The van der Waals surface area contributed by atoms with Gasteiger partial charge in [-0.3, -0.25) is 0 Å². The molecule has 2 aromatic rings. The summed E-state index contributed by atoms with van der Waals surface area (Å²) in [5, 5.41) is 3.23. The maximum Gasteiger partial charge on any atom is 0.212 e. The van der Waals surface area contributed by atoms with Crippen molar-refractivity contribution in [3.63, 3.8) is 0 Å². The third-order valence-corrected chi connectivity index (χ3v) is 2.51. The number of oxazole rings is 1. The van der Waals surface area contributed by atoms with E-state index in [-0.39, 0.29) is 11.1 Å². The van der Waals surface area contributed by atoms with Gasteiger partial charge in [-0.25, -0.2) is 9.37 Å². The number of nitrogens with one attached hydrogen (secondary N) is 1. The SMILES string of the molecule is CNC(C)c1nc2cc(F)cc(Cl)c2o1. The van der Waals surface area contributed by atoms with E-state index in [0.717, 1.165) is 0 Å². The number of hydrogen-bond donors (Lipinski definition) is 1. The van der Waals surface area contributed by atoms with Gasteiger partial charge in [0.15, 0.2) is 5.58 Å². The molecule has 0 aliphatic carbocycles. The van der Waals surface area contributed by atoms with Crippen LogP contribution in [0.1, 0.15) is 18.9 Å². The van der Waals surface area contributed by atoms with Crippen LogP contribution >= 0.6 is 11.6 Å². The number of benzene rings is 1. The molecule has 1 N–H and O–H groups in total. The van der Waals surface area contributed by atoms with E-state index in [9.17, 15) is 4.39 Å². The average molecular weight is 229 g/mol. The molecule has 0 saturated heterocycles. The number of fused-ring (bicyclic) bond motifs is 1. The molecule has 0 amide bonds. The Morgan fingerprint density at radius 2 is 2.27 bits per heavy atom. The molecule has 0 aliphatic heterocycles. The molecule has 1 atom stereocenters. The van der Waals surface area contributed by atoms with E-state index >= 15 is 0 Å². The lowest BCUT2D eigenvalue weighted by Gasteiger charge is -2.02. The number of rotatable bonds is 2. The molecule has 15 heavy (non-hydrogen) atoms. The number of nitrogens with zero attached hydrogens (tertiary/aromatic N) is 1. The highest BCUT2D eigenvalue weighted by molar-refractivity contribution is 6.34. The molecule has 1 aromatic heterocycles. The van der Waals surface area contributed by atoms with Crippen LogP contribution in [-0.2, 0) is 0 Å². The van der Waals surface area contributed by atoms with Crippen molar-refractivity contribution in [3.8, 4) is 0 Å². The maximum absolute atomic E-state index is 13.0. The Morgan fingerprint density at radius 3 is 2.93 bits per heavy atom. The molecule has 3 nitrogen and oxygen atoms in total. The molecule has 0 fully saturated rings. The third-order valence-electron chi connectivity index (χ3n) is 2.23. The smallest absolute Gasteiger partial charge is 0.212 e. The first-order valence-corrected chi connectivity index (χ1v) is 4.92. The summed E-state index contributed by atoms with van der Waals surface area (Å²) in [7, 11) is 1.79. The number of hydrogen-bond acceptors (Lipinski definition) is 3. The molecule has 0 spiro atoms. The average Bonchev–Trinajstić information content (AvgIpc) is 2.60. The Bertz CT molecular complexity index is 497. The molecule has 2 rings (SSSR count). The van der Waals surface area contributed by atoms with Gasteiger partial charge in [0.1, 0.15) is 11.3 Å². The van der Waals surface area contributed by atoms with Crippen molar-refractivity contribution in [3.05, 3.63) is 28.9 Å². The van der Waals surface area contributed by atoms with Crippen molar-refractivity contribution in [2.45, 2.75) is 13.0 Å². The monoisotopic (exact) mass is 228 g/mol. The van der Waals surface area contributed by atoms with Crippen LogP contribution in [0.25, 0.3) is 11.1 Å². The summed E-state index contributed by atoms with van der Waals surface area (Å²) in [6.45, 7) is 1.90. The van der Waals surface area contributed by atoms with Gasteiger partial charge in [-0.15, -0.1) is 0 Å². The molecule has 0 aliphatic rings. The minimum atomic E-state index is -0.413. The summed E-state index contributed by atoms with van der Waals surface area (Å²) in [5.41, 5.74) is 0.868. The molecule has 1 heterocycles. The van der Waals surface area contributed by atoms with Gasteiger partial charge >= 0.3 is 0 Å². The molecule has 1 unspecified atom stereocenters. The Morgan fingerprint density at radius 1 is 1.53 bits per heavy atom. The second-order valence-electron chi connectivity index (χ2n) is 3.30. The Kier molecular flexibility index (Phi) is 2.63.